The lowest BCUT2D eigenvalue weighted by atomic mass is 10.1. The molecule has 0 N–H and O–H groups in total. The lowest BCUT2D eigenvalue weighted by molar-refractivity contribution is 0.101. The first-order valence-electron chi connectivity index (χ1n) is 7.52. The maximum atomic E-state index is 6.26. The summed E-state index contributed by atoms with van der Waals surface area (Å²) in [6.45, 7) is 10.3. The Balaban J connectivity index is 2.63. The predicted molar refractivity (Wildman–Crippen MR) is 89.7 cm³/mol. The normalized spacial score (nSPS) is 16.2. The van der Waals surface area contributed by atoms with Crippen LogP contribution in [0.5, 0.6) is 0 Å². The van der Waals surface area contributed by atoms with Crippen LogP contribution in [0, 0.1) is 0 Å². The van der Waals surface area contributed by atoms with Crippen molar-refractivity contribution in [2.75, 3.05) is 7.11 Å². The lowest BCUT2D eigenvalue weighted by Crippen LogP contribution is -2.22. The minimum Gasteiger partial charge on any atom is -0.417 e. The number of ether oxygens (including phenoxy) is 1. The molecule has 2 nitrogen and oxygen atoms in total. The standard InChI is InChI=1S/C17H28O2Si/c1-6-14-9-11-15(12-10-14)16(7-2)19-20-17(8-3)13(4)18-5/h6,9-13,16-17H,1,7-8,20H2,2-5H3. The molecule has 0 aromatic heterocycles. The monoisotopic (exact) mass is 292 g/mol. The van der Waals surface area contributed by atoms with Gasteiger partial charge in [-0.2, -0.15) is 0 Å². The van der Waals surface area contributed by atoms with Crippen molar-refractivity contribution in [3.8, 4) is 0 Å². The van der Waals surface area contributed by atoms with Gasteiger partial charge in [-0.05, 0) is 30.0 Å². The van der Waals surface area contributed by atoms with Crippen LogP contribution in [0.1, 0.15) is 50.8 Å². The summed E-state index contributed by atoms with van der Waals surface area (Å²) >= 11 is 0. The first kappa shape index (κ1) is 17.1. The largest absolute Gasteiger partial charge is 0.417 e. The first-order chi connectivity index (χ1) is 9.65. The van der Waals surface area contributed by atoms with Crippen LogP contribution < -0.4 is 0 Å². The number of hydrogen-bond acceptors (Lipinski definition) is 2. The topological polar surface area (TPSA) is 18.5 Å². The summed E-state index contributed by atoms with van der Waals surface area (Å²) < 4.78 is 11.7. The van der Waals surface area contributed by atoms with Crippen LogP contribution in [0.3, 0.4) is 0 Å². The summed E-state index contributed by atoms with van der Waals surface area (Å²) in [5, 5.41) is 0. The Kier molecular flexibility index (Phi) is 7.81. The van der Waals surface area contributed by atoms with E-state index in [0.29, 0.717) is 11.6 Å². The van der Waals surface area contributed by atoms with Gasteiger partial charge in [0.2, 0.25) is 0 Å². The minimum absolute atomic E-state index is 0.221. The van der Waals surface area contributed by atoms with Crippen LogP contribution in [0.25, 0.3) is 6.08 Å². The number of rotatable bonds is 9. The molecule has 0 saturated heterocycles. The fourth-order valence-corrected chi connectivity index (χ4v) is 3.92. The summed E-state index contributed by atoms with van der Waals surface area (Å²) in [6, 6.07) is 8.51. The average molecular weight is 292 g/mol. The highest BCUT2D eigenvalue weighted by molar-refractivity contribution is 6.29. The number of benzene rings is 1. The Hall–Kier alpha value is -0.903. The molecule has 0 aliphatic carbocycles. The molecule has 20 heavy (non-hydrogen) atoms. The molecule has 1 aromatic rings. The SMILES string of the molecule is C=Cc1ccc(C(CC)O[SiH2]C(CC)C(C)OC)cc1. The Morgan fingerprint density at radius 1 is 1.20 bits per heavy atom. The first-order valence-corrected chi connectivity index (χ1v) is 8.92. The van der Waals surface area contributed by atoms with Crippen molar-refractivity contribution in [2.45, 2.75) is 51.4 Å². The Morgan fingerprint density at radius 3 is 2.30 bits per heavy atom. The van der Waals surface area contributed by atoms with Gasteiger partial charge in [0.05, 0.1) is 12.2 Å². The van der Waals surface area contributed by atoms with Gasteiger partial charge in [0.25, 0.3) is 0 Å². The fraction of sp³-hybridized carbons (Fsp3) is 0.529. The fourth-order valence-electron chi connectivity index (χ4n) is 2.31. The molecule has 1 aromatic carbocycles. The number of hydrogen-bond donors (Lipinski definition) is 0. The van der Waals surface area contributed by atoms with Gasteiger partial charge >= 0.3 is 0 Å². The molecular formula is C17H28O2Si. The van der Waals surface area contributed by atoms with E-state index >= 15 is 0 Å². The smallest absolute Gasteiger partial charge is 0.168 e. The predicted octanol–water partition coefficient (Wildman–Crippen LogP) is 4.11. The van der Waals surface area contributed by atoms with E-state index in [2.05, 4.69) is 51.6 Å². The van der Waals surface area contributed by atoms with Crippen LogP contribution in [0.2, 0.25) is 5.54 Å². The lowest BCUT2D eigenvalue weighted by Gasteiger charge is -2.24. The maximum Gasteiger partial charge on any atom is 0.168 e. The molecule has 0 aliphatic rings. The van der Waals surface area contributed by atoms with Gasteiger partial charge < -0.3 is 9.16 Å². The quantitative estimate of drug-likeness (QED) is 0.638. The zero-order valence-corrected chi connectivity index (χ0v) is 14.7. The third kappa shape index (κ3) is 4.89. The van der Waals surface area contributed by atoms with Crippen LogP contribution in [-0.2, 0) is 9.16 Å². The molecule has 0 heterocycles. The van der Waals surface area contributed by atoms with Crippen LogP contribution in [0.4, 0.5) is 0 Å². The molecule has 0 amide bonds. The van der Waals surface area contributed by atoms with E-state index in [4.69, 9.17) is 9.16 Å². The molecule has 0 saturated carbocycles. The minimum atomic E-state index is -0.595. The van der Waals surface area contributed by atoms with Crippen LogP contribution >= 0.6 is 0 Å². The average Bonchev–Trinajstić information content (AvgIpc) is 2.51. The van der Waals surface area contributed by atoms with Gasteiger partial charge in [-0.3, -0.25) is 0 Å². The van der Waals surface area contributed by atoms with E-state index in [0.717, 1.165) is 18.4 Å². The molecule has 0 spiro atoms. The van der Waals surface area contributed by atoms with Crippen molar-refractivity contribution in [3.63, 3.8) is 0 Å². The Bertz CT molecular complexity index is 388. The van der Waals surface area contributed by atoms with Gasteiger partial charge in [0, 0.05) is 7.11 Å². The molecule has 3 atom stereocenters. The summed E-state index contributed by atoms with van der Waals surface area (Å²) in [4.78, 5) is 0. The van der Waals surface area contributed by atoms with Crippen molar-refractivity contribution in [2.24, 2.45) is 0 Å². The molecule has 112 valence electrons. The van der Waals surface area contributed by atoms with Crippen molar-refractivity contribution in [3.05, 3.63) is 42.0 Å². The molecule has 0 radical (unpaired) electrons. The van der Waals surface area contributed by atoms with E-state index in [-0.39, 0.29) is 6.10 Å². The second-order valence-electron chi connectivity index (χ2n) is 5.21. The third-order valence-corrected chi connectivity index (χ3v) is 6.25. The third-order valence-electron chi connectivity index (χ3n) is 3.99. The molecule has 0 aliphatic heterocycles. The summed E-state index contributed by atoms with van der Waals surface area (Å²) in [5.41, 5.74) is 3.01. The highest BCUT2D eigenvalue weighted by Crippen LogP contribution is 2.25. The van der Waals surface area contributed by atoms with Crippen molar-refractivity contribution in [1.29, 1.82) is 0 Å². The molecule has 3 unspecified atom stereocenters. The molecule has 3 heteroatoms. The van der Waals surface area contributed by atoms with E-state index in [1.165, 1.54) is 5.56 Å². The van der Waals surface area contributed by atoms with E-state index in [9.17, 15) is 0 Å². The van der Waals surface area contributed by atoms with E-state index < -0.39 is 9.76 Å². The van der Waals surface area contributed by atoms with Gasteiger partial charge in [0.1, 0.15) is 0 Å². The second kappa shape index (κ2) is 9.11. The van der Waals surface area contributed by atoms with Gasteiger partial charge in [-0.25, -0.2) is 0 Å². The molecule has 0 fully saturated rings. The molecular weight excluding hydrogens is 264 g/mol. The highest BCUT2D eigenvalue weighted by atomic mass is 28.2. The van der Waals surface area contributed by atoms with Crippen LogP contribution in [-0.4, -0.2) is 23.0 Å². The van der Waals surface area contributed by atoms with E-state index in [1.807, 2.05) is 6.08 Å². The highest BCUT2D eigenvalue weighted by Gasteiger charge is 2.18. The van der Waals surface area contributed by atoms with Gasteiger partial charge in [0.15, 0.2) is 9.76 Å². The zero-order chi connectivity index (χ0) is 15.0. The zero-order valence-electron chi connectivity index (χ0n) is 13.3. The number of methoxy groups -OCH3 is 1. The van der Waals surface area contributed by atoms with Crippen molar-refractivity contribution >= 4 is 15.8 Å². The van der Waals surface area contributed by atoms with E-state index in [1.54, 1.807) is 7.11 Å². The second-order valence-corrected chi connectivity index (χ2v) is 6.93. The summed E-state index contributed by atoms with van der Waals surface area (Å²) in [5.74, 6) is 0. The molecule has 0 bridgehead atoms. The van der Waals surface area contributed by atoms with Crippen LogP contribution in [0.15, 0.2) is 30.8 Å². The van der Waals surface area contributed by atoms with Gasteiger partial charge in [-0.1, -0.05) is 57.2 Å². The Morgan fingerprint density at radius 2 is 1.85 bits per heavy atom. The van der Waals surface area contributed by atoms with Gasteiger partial charge in [-0.15, -0.1) is 0 Å². The maximum absolute atomic E-state index is 6.26. The van der Waals surface area contributed by atoms with Crippen molar-refractivity contribution < 1.29 is 9.16 Å². The summed E-state index contributed by atoms with van der Waals surface area (Å²) in [7, 11) is 1.19. The summed E-state index contributed by atoms with van der Waals surface area (Å²) in [6.07, 6.45) is 4.53. The van der Waals surface area contributed by atoms with Crippen molar-refractivity contribution in [1.82, 2.24) is 0 Å². The Labute approximate surface area is 126 Å². The molecule has 1 rings (SSSR count).